The Bertz CT molecular complexity index is 339. The van der Waals surface area contributed by atoms with Crippen LogP contribution in [0.5, 0.6) is 0 Å². The molecule has 1 heterocycles. The number of aryl methyl sites for hydroxylation is 1. The van der Waals surface area contributed by atoms with Gasteiger partial charge in [0, 0.05) is 30.2 Å². The van der Waals surface area contributed by atoms with Crippen molar-refractivity contribution in [1.29, 1.82) is 0 Å². The molecule has 0 atom stereocenters. The SMILES string of the molecule is CCc1cc(N(CCCl)C2CCC2)ncn1. The maximum atomic E-state index is 5.86. The summed E-state index contributed by atoms with van der Waals surface area (Å²) in [6, 6.07) is 2.73. The van der Waals surface area contributed by atoms with Crippen LogP contribution >= 0.6 is 11.6 Å². The quantitative estimate of drug-likeness (QED) is 0.740. The summed E-state index contributed by atoms with van der Waals surface area (Å²) in [6.45, 7) is 2.99. The van der Waals surface area contributed by atoms with E-state index in [9.17, 15) is 0 Å². The van der Waals surface area contributed by atoms with Crippen molar-refractivity contribution in [3.05, 3.63) is 18.1 Å². The lowest BCUT2D eigenvalue weighted by atomic mass is 9.91. The fourth-order valence-corrected chi connectivity index (χ4v) is 2.19. The molecule has 1 aromatic heterocycles. The molecule has 16 heavy (non-hydrogen) atoms. The number of aromatic nitrogens is 2. The van der Waals surface area contributed by atoms with Crippen molar-refractivity contribution < 1.29 is 0 Å². The number of halogens is 1. The number of nitrogens with zero attached hydrogens (tertiary/aromatic N) is 3. The molecule has 0 aliphatic heterocycles. The molecule has 88 valence electrons. The summed E-state index contributed by atoms with van der Waals surface area (Å²) in [5, 5.41) is 0. The normalized spacial score (nSPS) is 15.9. The Morgan fingerprint density at radius 2 is 2.25 bits per heavy atom. The van der Waals surface area contributed by atoms with Gasteiger partial charge in [0.05, 0.1) is 0 Å². The first-order valence-corrected chi connectivity index (χ1v) is 6.52. The van der Waals surface area contributed by atoms with Gasteiger partial charge in [0.2, 0.25) is 0 Å². The van der Waals surface area contributed by atoms with Gasteiger partial charge in [0.1, 0.15) is 12.1 Å². The Balaban J connectivity index is 2.16. The van der Waals surface area contributed by atoms with E-state index in [2.05, 4.69) is 27.9 Å². The van der Waals surface area contributed by atoms with Crippen LogP contribution in [0.4, 0.5) is 5.82 Å². The summed E-state index contributed by atoms with van der Waals surface area (Å²) in [6.07, 6.45) is 6.48. The van der Waals surface area contributed by atoms with Crippen molar-refractivity contribution >= 4 is 17.4 Å². The molecule has 0 unspecified atom stereocenters. The summed E-state index contributed by atoms with van der Waals surface area (Å²) < 4.78 is 0. The van der Waals surface area contributed by atoms with Crippen molar-refractivity contribution in [2.75, 3.05) is 17.3 Å². The monoisotopic (exact) mass is 239 g/mol. The Morgan fingerprint density at radius 3 is 2.81 bits per heavy atom. The van der Waals surface area contributed by atoms with Gasteiger partial charge < -0.3 is 4.90 Å². The van der Waals surface area contributed by atoms with E-state index in [1.54, 1.807) is 6.33 Å². The maximum absolute atomic E-state index is 5.86. The standard InChI is InChI=1S/C12H18ClN3/c1-2-10-8-12(15-9-14-10)16(7-6-13)11-4-3-5-11/h8-9,11H,2-7H2,1H3. The van der Waals surface area contributed by atoms with Gasteiger partial charge in [-0.25, -0.2) is 9.97 Å². The molecule has 0 N–H and O–H groups in total. The van der Waals surface area contributed by atoms with E-state index in [1.165, 1.54) is 19.3 Å². The van der Waals surface area contributed by atoms with Gasteiger partial charge >= 0.3 is 0 Å². The Labute approximate surface area is 102 Å². The average Bonchev–Trinajstić information content (AvgIpc) is 2.26. The molecule has 0 saturated heterocycles. The molecule has 1 aromatic rings. The van der Waals surface area contributed by atoms with Crippen LogP contribution in [0.15, 0.2) is 12.4 Å². The number of hydrogen-bond donors (Lipinski definition) is 0. The average molecular weight is 240 g/mol. The largest absolute Gasteiger partial charge is 0.352 e. The second-order valence-corrected chi connectivity index (χ2v) is 4.57. The van der Waals surface area contributed by atoms with Crippen LogP contribution in [0.3, 0.4) is 0 Å². The smallest absolute Gasteiger partial charge is 0.132 e. The third kappa shape index (κ3) is 2.46. The van der Waals surface area contributed by atoms with Gasteiger partial charge in [0.25, 0.3) is 0 Å². The second kappa shape index (κ2) is 5.48. The summed E-state index contributed by atoms with van der Waals surface area (Å²) >= 11 is 5.86. The molecule has 0 radical (unpaired) electrons. The predicted molar refractivity (Wildman–Crippen MR) is 67.1 cm³/mol. The van der Waals surface area contributed by atoms with Crippen molar-refractivity contribution in [2.45, 2.75) is 38.6 Å². The molecule has 4 heteroatoms. The predicted octanol–water partition coefficient (Wildman–Crippen LogP) is 2.64. The fourth-order valence-electron chi connectivity index (χ4n) is 2.01. The summed E-state index contributed by atoms with van der Waals surface area (Å²) in [4.78, 5) is 10.9. The zero-order valence-corrected chi connectivity index (χ0v) is 10.5. The fraction of sp³-hybridized carbons (Fsp3) is 0.667. The van der Waals surface area contributed by atoms with Crippen LogP contribution in [0.1, 0.15) is 31.9 Å². The van der Waals surface area contributed by atoms with Crippen LogP contribution in [0.2, 0.25) is 0 Å². The Morgan fingerprint density at radius 1 is 1.44 bits per heavy atom. The molecule has 0 aromatic carbocycles. The number of hydrogen-bond acceptors (Lipinski definition) is 3. The molecule has 2 rings (SSSR count). The van der Waals surface area contributed by atoms with E-state index < -0.39 is 0 Å². The van der Waals surface area contributed by atoms with Crippen LogP contribution in [-0.4, -0.2) is 28.4 Å². The van der Waals surface area contributed by atoms with E-state index in [1.807, 2.05) is 0 Å². The third-order valence-corrected chi connectivity index (χ3v) is 3.38. The molecule has 0 amide bonds. The van der Waals surface area contributed by atoms with E-state index in [0.29, 0.717) is 11.9 Å². The highest BCUT2D eigenvalue weighted by Crippen LogP contribution is 2.28. The second-order valence-electron chi connectivity index (χ2n) is 4.19. The highest BCUT2D eigenvalue weighted by atomic mass is 35.5. The molecule has 3 nitrogen and oxygen atoms in total. The van der Waals surface area contributed by atoms with Gasteiger partial charge in [-0.15, -0.1) is 11.6 Å². The van der Waals surface area contributed by atoms with E-state index in [4.69, 9.17) is 11.6 Å². The van der Waals surface area contributed by atoms with Crippen molar-refractivity contribution in [2.24, 2.45) is 0 Å². The molecular formula is C12H18ClN3. The van der Waals surface area contributed by atoms with E-state index in [-0.39, 0.29) is 0 Å². The molecule has 1 aliphatic rings. The van der Waals surface area contributed by atoms with Gasteiger partial charge in [-0.05, 0) is 25.7 Å². The lowest BCUT2D eigenvalue weighted by Crippen LogP contribution is -2.42. The zero-order chi connectivity index (χ0) is 11.4. The minimum Gasteiger partial charge on any atom is -0.352 e. The molecule has 0 bridgehead atoms. The minimum absolute atomic E-state index is 0.637. The van der Waals surface area contributed by atoms with Crippen LogP contribution < -0.4 is 4.90 Å². The molecule has 1 aliphatic carbocycles. The lowest BCUT2D eigenvalue weighted by molar-refractivity contribution is 0.388. The minimum atomic E-state index is 0.637. The van der Waals surface area contributed by atoms with E-state index >= 15 is 0 Å². The molecule has 1 saturated carbocycles. The molecule has 1 fully saturated rings. The van der Waals surface area contributed by atoms with Crippen molar-refractivity contribution in [3.8, 4) is 0 Å². The maximum Gasteiger partial charge on any atom is 0.132 e. The van der Waals surface area contributed by atoms with Gasteiger partial charge in [-0.1, -0.05) is 6.92 Å². The topological polar surface area (TPSA) is 29.0 Å². The van der Waals surface area contributed by atoms with Gasteiger partial charge in [-0.3, -0.25) is 0 Å². The first-order chi connectivity index (χ1) is 7.85. The van der Waals surface area contributed by atoms with Gasteiger partial charge in [0.15, 0.2) is 0 Å². The molecule has 0 spiro atoms. The van der Waals surface area contributed by atoms with E-state index in [0.717, 1.165) is 24.5 Å². The Hall–Kier alpha value is -0.830. The van der Waals surface area contributed by atoms with Crippen molar-refractivity contribution in [1.82, 2.24) is 9.97 Å². The molecular weight excluding hydrogens is 222 g/mol. The first-order valence-electron chi connectivity index (χ1n) is 5.98. The highest BCUT2D eigenvalue weighted by Gasteiger charge is 2.25. The summed E-state index contributed by atoms with van der Waals surface area (Å²) in [5.41, 5.74) is 1.10. The summed E-state index contributed by atoms with van der Waals surface area (Å²) in [7, 11) is 0. The summed E-state index contributed by atoms with van der Waals surface area (Å²) in [5.74, 6) is 1.69. The highest BCUT2D eigenvalue weighted by molar-refractivity contribution is 6.18. The van der Waals surface area contributed by atoms with Crippen LogP contribution in [-0.2, 0) is 6.42 Å². The van der Waals surface area contributed by atoms with Crippen LogP contribution in [0.25, 0.3) is 0 Å². The Kier molecular flexibility index (Phi) is 3.99. The number of anilines is 1. The lowest BCUT2D eigenvalue weighted by Gasteiger charge is -2.38. The van der Waals surface area contributed by atoms with Gasteiger partial charge in [-0.2, -0.15) is 0 Å². The zero-order valence-electron chi connectivity index (χ0n) is 9.69. The third-order valence-electron chi connectivity index (χ3n) is 3.21. The first kappa shape index (κ1) is 11.6. The van der Waals surface area contributed by atoms with Crippen LogP contribution in [0, 0.1) is 0 Å². The number of rotatable bonds is 5. The number of alkyl halides is 1. The van der Waals surface area contributed by atoms with Crippen molar-refractivity contribution in [3.63, 3.8) is 0 Å².